The Morgan fingerprint density at radius 3 is 2.52 bits per heavy atom. The van der Waals surface area contributed by atoms with Gasteiger partial charge in [0, 0.05) is 12.8 Å². The van der Waals surface area contributed by atoms with Gasteiger partial charge >= 0.3 is 5.97 Å². The fourth-order valence-corrected chi connectivity index (χ4v) is 3.50. The van der Waals surface area contributed by atoms with Crippen LogP contribution in [-0.2, 0) is 21.4 Å². The zero-order valence-electron chi connectivity index (χ0n) is 12.7. The molecular formula is C16H17NO5S. The topological polar surface area (TPSA) is 92.7 Å². The minimum Gasteiger partial charge on any atom is -0.478 e. The second kappa shape index (κ2) is 6.80. The third-order valence-electron chi connectivity index (χ3n) is 3.27. The summed E-state index contributed by atoms with van der Waals surface area (Å²) in [5.41, 5.74) is 1.46. The van der Waals surface area contributed by atoms with E-state index in [4.69, 9.17) is 9.84 Å². The molecule has 0 aliphatic rings. The van der Waals surface area contributed by atoms with Crippen molar-refractivity contribution in [2.24, 2.45) is 0 Å². The summed E-state index contributed by atoms with van der Waals surface area (Å²) in [5.74, 6) is -1.05. The molecule has 6 nitrogen and oxygen atoms in total. The van der Waals surface area contributed by atoms with Crippen LogP contribution in [0.1, 0.15) is 21.5 Å². The van der Waals surface area contributed by atoms with Crippen LogP contribution in [0.25, 0.3) is 0 Å². The first kappa shape index (κ1) is 17.0. The maximum Gasteiger partial charge on any atom is 0.335 e. The van der Waals surface area contributed by atoms with Crippen LogP contribution in [0.3, 0.4) is 0 Å². The molecule has 2 N–H and O–H groups in total. The molecular weight excluding hydrogens is 318 g/mol. The van der Waals surface area contributed by atoms with Gasteiger partial charge in [0.05, 0.1) is 17.1 Å². The van der Waals surface area contributed by atoms with Gasteiger partial charge in [0.1, 0.15) is 0 Å². The third kappa shape index (κ3) is 3.88. The Bertz CT molecular complexity index is 830. The van der Waals surface area contributed by atoms with Crippen LogP contribution < -0.4 is 4.72 Å². The van der Waals surface area contributed by atoms with E-state index in [1.807, 2.05) is 0 Å². The predicted molar refractivity (Wildman–Crippen MR) is 86.1 cm³/mol. The van der Waals surface area contributed by atoms with Crippen molar-refractivity contribution in [3.8, 4) is 0 Å². The SMILES string of the molecule is COCc1ccccc1S(=O)(=O)Nc1ccc(C(=O)O)c(C)c1. The summed E-state index contributed by atoms with van der Waals surface area (Å²) in [5, 5.41) is 9.01. The van der Waals surface area contributed by atoms with E-state index < -0.39 is 16.0 Å². The lowest BCUT2D eigenvalue weighted by atomic mass is 10.1. The second-order valence-electron chi connectivity index (χ2n) is 4.98. The van der Waals surface area contributed by atoms with E-state index in [9.17, 15) is 13.2 Å². The molecule has 0 atom stereocenters. The summed E-state index contributed by atoms with van der Waals surface area (Å²) in [6.45, 7) is 1.79. The van der Waals surface area contributed by atoms with Crippen LogP contribution in [0, 0.1) is 6.92 Å². The lowest BCUT2D eigenvalue weighted by Gasteiger charge is -2.13. The van der Waals surface area contributed by atoms with Crippen LogP contribution >= 0.6 is 0 Å². The van der Waals surface area contributed by atoms with Gasteiger partial charge in [0.15, 0.2) is 0 Å². The maximum atomic E-state index is 12.5. The van der Waals surface area contributed by atoms with E-state index in [2.05, 4.69) is 4.72 Å². The number of rotatable bonds is 6. The zero-order valence-corrected chi connectivity index (χ0v) is 13.6. The number of hydrogen-bond donors (Lipinski definition) is 2. The largest absolute Gasteiger partial charge is 0.478 e. The first-order chi connectivity index (χ1) is 10.8. The number of carboxylic acids is 1. The van der Waals surface area contributed by atoms with Crippen molar-refractivity contribution in [2.75, 3.05) is 11.8 Å². The minimum atomic E-state index is -3.79. The number of methoxy groups -OCH3 is 1. The molecule has 0 saturated carbocycles. The molecule has 0 radical (unpaired) electrons. The molecule has 0 fully saturated rings. The molecule has 2 aromatic carbocycles. The summed E-state index contributed by atoms with van der Waals surface area (Å²) in [4.78, 5) is 11.1. The van der Waals surface area contributed by atoms with Crippen molar-refractivity contribution in [1.29, 1.82) is 0 Å². The minimum absolute atomic E-state index is 0.127. The van der Waals surface area contributed by atoms with Crippen LogP contribution in [0.2, 0.25) is 0 Å². The lowest BCUT2D eigenvalue weighted by Crippen LogP contribution is -2.15. The molecule has 0 spiro atoms. The smallest absolute Gasteiger partial charge is 0.335 e. The summed E-state index contributed by atoms with van der Waals surface area (Å²) < 4.78 is 32.6. The molecule has 122 valence electrons. The van der Waals surface area contributed by atoms with Crippen LogP contribution in [-0.4, -0.2) is 26.6 Å². The number of aromatic carboxylic acids is 1. The normalized spacial score (nSPS) is 11.2. The number of carboxylic acid groups (broad SMARTS) is 1. The summed E-state index contributed by atoms with van der Waals surface area (Å²) in [6.07, 6.45) is 0. The molecule has 2 rings (SSSR count). The zero-order chi connectivity index (χ0) is 17.0. The Balaban J connectivity index is 2.36. The molecule has 0 aliphatic carbocycles. The van der Waals surface area contributed by atoms with Gasteiger partial charge in [-0.15, -0.1) is 0 Å². The molecule has 0 aliphatic heterocycles. The first-order valence-electron chi connectivity index (χ1n) is 6.79. The van der Waals surface area contributed by atoms with Crippen LogP contribution in [0.4, 0.5) is 5.69 Å². The van der Waals surface area contributed by atoms with Crippen molar-refractivity contribution < 1.29 is 23.1 Å². The van der Waals surface area contributed by atoms with Gasteiger partial charge < -0.3 is 9.84 Å². The van der Waals surface area contributed by atoms with E-state index >= 15 is 0 Å². The van der Waals surface area contributed by atoms with E-state index in [-0.39, 0.29) is 17.1 Å². The van der Waals surface area contributed by atoms with Crippen molar-refractivity contribution in [1.82, 2.24) is 0 Å². The molecule has 23 heavy (non-hydrogen) atoms. The molecule has 0 bridgehead atoms. The number of benzene rings is 2. The Hall–Kier alpha value is -2.38. The fraction of sp³-hybridized carbons (Fsp3) is 0.188. The van der Waals surface area contributed by atoms with E-state index in [1.165, 1.54) is 31.4 Å². The lowest BCUT2D eigenvalue weighted by molar-refractivity contribution is 0.0696. The van der Waals surface area contributed by atoms with Gasteiger partial charge in [-0.2, -0.15) is 0 Å². The van der Waals surface area contributed by atoms with Gasteiger partial charge in [-0.25, -0.2) is 13.2 Å². The van der Waals surface area contributed by atoms with Crippen molar-refractivity contribution in [2.45, 2.75) is 18.4 Å². The van der Waals surface area contributed by atoms with E-state index in [0.717, 1.165) is 0 Å². The van der Waals surface area contributed by atoms with E-state index in [1.54, 1.807) is 25.1 Å². The Morgan fingerprint density at radius 1 is 1.22 bits per heavy atom. The first-order valence-corrected chi connectivity index (χ1v) is 8.27. The molecule has 2 aromatic rings. The quantitative estimate of drug-likeness (QED) is 0.846. The Kier molecular flexibility index (Phi) is 5.02. The molecule has 7 heteroatoms. The molecule has 0 saturated heterocycles. The number of ether oxygens (including phenoxy) is 1. The number of sulfonamides is 1. The van der Waals surface area contributed by atoms with Gasteiger partial charge in [0.2, 0.25) is 0 Å². The van der Waals surface area contributed by atoms with Gasteiger partial charge in [-0.3, -0.25) is 4.72 Å². The monoisotopic (exact) mass is 335 g/mol. The molecule has 0 unspecified atom stereocenters. The third-order valence-corrected chi connectivity index (χ3v) is 4.75. The number of hydrogen-bond acceptors (Lipinski definition) is 4. The number of carbonyl (C=O) groups is 1. The number of aryl methyl sites for hydroxylation is 1. The average Bonchev–Trinajstić information content (AvgIpc) is 2.47. The molecule has 0 aromatic heterocycles. The van der Waals surface area contributed by atoms with Crippen molar-refractivity contribution >= 4 is 21.7 Å². The van der Waals surface area contributed by atoms with Crippen LogP contribution in [0.15, 0.2) is 47.4 Å². The second-order valence-corrected chi connectivity index (χ2v) is 6.63. The maximum absolute atomic E-state index is 12.5. The van der Waals surface area contributed by atoms with E-state index in [0.29, 0.717) is 16.8 Å². The number of anilines is 1. The highest BCUT2D eigenvalue weighted by atomic mass is 32.2. The summed E-state index contributed by atoms with van der Waals surface area (Å²) in [6, 6.07) is 10.8. The molecule has 0 amide bonds. The summed E-state index contributed by atoms with van der Waals surface area (Å²) in [7, 11) is -2.30. The van der Waals surface area contributed by atoms with Crippen molar-refractivity contribution in [3.05, 3.63) is 59.2 Å². The van der Waals surface area contributed by atoms with Gasteiger partial charge in [-0.05, 0) is 42.3 Å². The average molecular weight is 335 g/mol. The highest BCUT2D eigenvalue weighted by molar-refractivity contribution is 7.92. The summed E-state index contributed by atoms with van der Waals surface area (Å²) >= 11 is 0. The van der Waals surface area contributed by atoms with Gasteiger partial charge in [0.25, 0.3) is 10.0 Å². The van der Waals surface area contributed by atoms with Gasteiger partial charge in [-0.1, -0.05) is 18.2 Å². The highest BCUT2D eigenvalue weighted by Crippen LogP contribution is 2.22. The number of nitrogens with one attached hydrogen (secondary N) is 1. The predicted octanol–water partition coefficient (Wildman–Crippen LogP) is 2.64. The highest BCUT2D eigenvalue weighted by Gasteiger charge is 2.19. The Labute approximate surface area is 134 Å². The molecule has 0 heterocycles. The van der Waals surface area contributed by atoms with Crippen molar-refractivity contribution in [3.63, 3.8) is 0 Å². The Morgan fingerprint density at radius 2 is 1.91 bits per heavy atom. The fourth-order valence-electron chi connectivity index (χ4n) is 2.22. The van der Waals surface area contributed by atoms with Crippen LogP contribution in [0.5, 0.6) is 0 Å². The standard InChI is InChI=1S/C16H17NO5S/c1-11-9-13(7-8-14(11)16(18)19)17-23(20,21)15-6-4-3-5-12(15)10-22-2/h3-9,17H,10H2,1-2H3,(H,18,19).